The van der Waals surface area contributed by atoms with Gasteiger partial charge < -0.3 is 5.32 Å². The lowest BCUT2D eigenvalue weighted by atomic mass is 9.96. The lowest BCUT2D eigenvalue weighted by molar-refractivity contribution is 0.187. The zero-order valence-electron chi connectivity index (χ0n) is 11.8. The van der Waals surface area contributed by atoms with Gasteiger partial charge in [-0.25, -0.2) is 4.98 Å². The maximum absolute atomic E-state index is 4.54. The third kappa shape index (κ3) is 3.02. The van der Waals surface area contributed by atoms with Crippen LogP contribution in [-0.4, -0.2) is 29.5 Å². The predicted molar refractivity (Wildman–Crippen MR) is 76.8 cm³/mol. The Morgan fingerprint density at radius 3 is 3.06 bits per heavy atom. The van der Waals surface area contributed by atoms with E-state index < -0.39 is 0 Å². The molecular formula is C15H25N3. The van der Waals surface area contributed by atoms with Gasteiger partial charge in [-0.3, -0.25) is 4.90 Å². The number of anilines is 1. The van der Waals surface area contributed by atoms with Crippen LogP contribution in [0.4, 0.5) is 5.82 Å². The highest BCUT2D eigenvalue weighted by Gasteiger charge is 2.23. The molecule has 2 rings (SSSR count). The van der Waals surface area contributed by atoms with Crippen molar-refractivity contribution in [2.75, 3.05) is 18.9 Å². The van der Waals surface area contributed by atoms with Crippen molar-refractivity contribution >= 4 is 5.82 Å². The van der Waals surface area contributed by atoms with Crippen LogP contribution in [0.3, 0.4) is 0 Å². The van der Waals surface area contributed by atoms with E-state index in [-0.39, 0.29) is 0 Å². The van der Waals surface area contributed by atoms with Crippen LogP contribution in [0.2, 0.25) is 0 Å². The SMILES string of the molecule is CCC(C)Nc1ncccc1C1CCCCN1C. The summed E-state index contributed by atoms with van der Waals surface area (Å²) in [5, 5.41) is 3.54. The first-order valence-corrected chi connectivity index (χ1v) is 7.14. The van der Waals surface area contributed by atoms with Crippen molar-refractivity contribution in [1.29, 1.82) is 0 Å². The average molecular weight is 247 g/mol. The molecule has 1 saturated heterocycles. The van der Waals surface area contributed by atoms with Gasteiger partial charge in [0, 0.05) is 23.8 Å². The summed E-state index contributed by atoms with van der Waals surface area (Å²) in [6.45, 7) is 5.61. The lowest BCUT2D eigenvalue weighted by Gasteiger charge is -2.34. The number of hydrogen-bond acceptors (Lipinski definition) is 3. The largest absolute Gasteiger partial charge is 0.367 e. The lowest BCUT2D eigenvalue weighted by Crippen LogP contribution is -2.30. The highest BCUT2D eigenvalue weighted by atomic mass is 15.1. The van der Waals surface area contributed by atoms with Crippen LogP contribution in [0.15, 0.2) is 18.3 Å². The van der Waals surface area contributed by atoms with E-state index in [9.17, 15) is 0 Å². The molecule has 0 aliphatic carbocycles. The van der Waals surface area contributed by atoms with Crippen LogP contribution in [0.25, 0.3) is 0 Å². The minimum absolute atomic E-state index is 0.479. The molecule has 1 aliphatic heterocycles. The van der Waals surface area contributed by atoms with E-state index in [0.717, 1.165) is 12.2 Å². The highest BCUT2D eigenvalue weighted by molar-refractivity contribution is 5.46. The third-order valence-corrected chi connectivity index (χ3v) is 3.96. The summed E-state index contributed by atoms with van der Waals surface area (Å²) in [6.07, 6.45) is 6.90. The molecule has 3 nitrogen and oxygen atoms in total. The van der Waals surface area contributed by atoms with Gasteiger partial charge in [-0.2, -0.15) is 0 Å². The first kappa shape index (κ1) is 13.3. The summed E-state index contributed by atoms with van der Waals surface area (Å²) in [7, 11) is 2.23. The molecule has 0 spiro atoms. The second-order valence-electron chi connectivity index (χ2n) is 5.39. The van der Waals surface area contributed by atoms with Crippen LogP contribution in [0.1, 0.15) is 51.1 Å². The third-order valence-electron chi connectivity index (χ3n) is 3.96. The van der Waals surface area contributed by atoms with E-state index in [1.807, 2.05) is 6.20 Å². The highest BCUT2D eigenvalue weighted by Crippen LogP contribution is 2.33. The topological polar surface area (TPSA) is 28.2 Å². The Morgan fingerprint density at radius 1 is 1.50 bits per heavy atom. The fourth-order valence-electron chi connectivity index (χ4n) is 2.61. The summed E-state index contributed by atoms with van der Waals surface area (Å²) < 4.78 is 0. The van der Waals surface area contributed by atoms with Crippen molar-refractivity contribution < 1.29 is 0 Å². The van der Waals surface area contributed by atoms with Crippen LogP contribution < -0.4 is 5.32 Å². The maximum Gasteiger partial charge on any atom is 0.130 e. The molecule has 0 saturated carbocycles. The van der Waals surface area contributed by atoms with Gasteiger partial charge in [0.05, 0.1) is 0 Å². The van der Waals surface area contributed by atoms with Crippen LogP contribution in [-0.2, 0) is 0 Å². The van der Waals surface area contributed by atoms with Crippen LogP contribution >= 0.6 is 0 Å². The molecule has 1 fully saturated rings. The molecule has 18 heavy (non-hydrogen) atoms. The van der Waals surface area contributed by atoms with Gasteiger partial charge in [0.2, 0.25) is 0 Å². The zero-order valence-corrected chi connectivity index (χ0v) is 11.8. The molecule has 1 aromatic rings. The molecule has 1 aromatic heterocycles. The molecule has 3 heteroatoms. The Kier molecular flexibility index (Phi) is 4.59. The van der Waals surface area contributed by atoms with Gasteiger partial charge in [0.1, 0.15) is 5.82 Å². The maximum atomic E-state index is 4.54. The number of likely N-dealkylation sites (tertiary alicyclic amines) is 1. The summed E-state index contributed by atoms with van der Waals surface area (Å²) in [4.78, 5) is 7.00. The van der Waals surface area contributed by atoms with Gasteiger partial charge in [0.25, 0.3) is 0 Å². The molecule has 0 amide bonds. The van der Waals surface area contributed by atoms with E-state index in [4.69, 9.17) is 0 Å². The van der Waals surface area contributed by atoms with E-state index in [1.165, 1.54) is 31.4 Å². The van der Waals surface area contributed by atoms with E-state index >= 15 is 0 Å². The van der Waals surface area contributed by atoms with Crippen LogP contribution in [0, 0.1) is 0 Å². The van der Waals surface area contributed by atoms with Crippen molar-refractivity contribution in [3.8, 4) is 0 Å². The van der Waals surface area contributed by atoms with Crippen molar-refractivity contribution in [2.45, 2.75) is 51.6 Å². The monoisotopic (exact) mass is 247 g/mol. The molecular weight excluding hydrogens is 222 g/mol. The summed E-state index contributed by atoms with van der Waals surface area (Å²) in [5.74, 6) is 1.07. The molecule has 1 N–H and O–H groups in total. The number of aromatic nitrogens is 1. The summed E-state index contributed by atoms with van der Waals surface area (Å²) in [5.41, 5.74) is 1.36. The van der Waals surface area contributed by atoms with Gasteiger partial charge in [-0.15, -0.1) is 0 Å². The van der Waals surface area contributed by atoms with Gasteiger partial charge in [-0.05, 0) is 45.8 Å². The molecule has 0 bridgehead atoms. The smallest absolute Gasteiger partial charge is 0.130 e. The number of rotatable bonds is 4. The number of piperidine rings is 1. The molecule has 2 heterocycles. The van der Waals surface area contributed by atoms with Gasteiger partial charge in [0.15, 0.2) is 0 Å². The normalized spacial score (nSPS) is 22.7. The number of pyridine rings is 1. The molecule has 100 valence electrons. The van der Waals surface area contributed by atoms with E-state index in [0.29, 0.717) is 12.1 Å². The Hall–Kier alpha value is -1.09. The van der Waals surface area contributed by atoms with Gasteiger partial charge >= 0.3 is 0 Å². The average Bonchev–Trinajstić information content (AvgIpc) is 2.40. The molecule has 1 aliphatic rings. The van der Waals surface area contributed by atoms with E-state index in [1.54, 1.807) is 0 Å². The standard InChI is InChI=1S/C15H25N3/c1-4-12(2)17-15-13(8-7-10-16-15)14-9-5-6-11-18(14)3/h7-8,10,12,14H,4-6,9,11H2,1-3H3,(H,16,17). The van der Waals surface area contributed by atoms with Gasteiger partial charge in [-0.1, -0.05) is 19.4 Å². The molecule has 0 radical (unpaired) electrons. The summed E-state index contributed by atoms with van der Waals surface area (Å²) in [6, 6.07) is 5.29. The second kappa shape index (κ2) is 6.19. The quantitative estimate of drug-likeness (QED) is 0.883. The van der Waals surface area contributed by atoms with Crippen molar-refractivity contribution in [1.82, 2.24) is 9.88 Å². The molecule has 0 aromatic carbocycles. The van der Waals surface area contributed by atoms with Crippen molar-refractivity contribution in [3.63, 3.8) is 0 Å². The Morgan fingerprint density at radius 2 is 2.33 bits per heavy atom. The number of nitrogens with zero attached hydrogens (tertiary/aromatic N) is 2. The second-order valence-corrected chi connectivity index (χ2v) is 5.39. The summed E-state index contributed by atoms with van der Waals surface area (Å²) >= 11 is 0. The van der Waals surface area contributed by atoms with E-state index in [2.05, 4.69) is 48.2 Å². The number of hydrogen-bond donors (Lipinski definition) is 1. The minimum Gasteiger partial charge on any atom is -0.367 e. The Balaban J connectivity index is 2.20. The fourth-order valence-corrected chi connectivity index (χ4v) is 2.61. The predicted octanol–water partition coefficient (Wildman–Crippen LogP) is 3.45. The molecule has 2 atom stereocenters. The first-order valence-electron chi connectivity index (χ1n) is 7.14. The number of nitrogens with one attached hydrogen (secondary N) is 1. The van der Waals surface area contributed by atoms with Crippen molar-refractivity contribution in [3.05, 3.63) is 23.9 Å². The first-order chi connectivity index (χ1) is 8.72. The zero-order chi connectivity index (χ0) is 13.0. The minimum atomic E-state index is 0.479. The Labute approximate surface area is 111 Å². The fraction of sp³-hybridized carbons (Fsp3) is 0.667. The van der Waals surface area contributed by atoms with Crippen LogP contribution in [0.5, 0.6) is 0 Å². The Bertz CT molecular complexity index is 378. The van der Waals surface area contributed by atoms with Crippen molar-refractivity contribution in [2.24, 2.45) is 0 Å². The molecule has 2 unspecified atom stereocenters.